The first-order chi connectivity index (χ1) is 23.5. The van der Waals surface area contributed by atoms with E-state index in [0.29, 0.717) is 35.5 Å². The van der Waals surface area contributed by atoms with Crippen LogP contribution < -0.4 is 0 Å². The number of hydrogen-bond donors (Lipinski definition) is 0. The van der Waals surface area contributed by atoms with Crippen LogP contribution >= 0.6 is 0 Å². The fraction of sp³-hybridized carbons (Fsp3) is 0.417. The van der Waals surface area contributed by atoms with Gasteiger partial charge in [0.2, 0.25) is 0 Å². The lowest BCUT2D eigenvalue weighted by molar-refractivity contribution is 0.0797. The normalized spacial score (nSPS) is 25.2. The summed E-state index contributed by atoms with van der Waals surface area (Å²) in [6.45, 7) is 11.8. The van der Waals surface area contributed by atoms with Crippen LogP contribution in [-0.2, 0) is 5.41 Å². The van der Waals surface area contributed by atoms with E-state index >= 15 is 0 Å². The number of unbranched alkanes of at least 4 members (excludes halogenated alkanes) is 2. The molecular formula is C48H58. The van der Waals surface area contributed by atoms with Crippen molar-refractivity contribution in [2.75, 3.05) is 0 Å². The first-order valence-electron chi connectivity index (χ1n) is 19.1. The second kappa shape index (κ2) is 15.7. The van der Waals surface area contributed by atoms with Gasteiger partial charge in [0.05, 0.1) is 0 Å². The van der Waals surface area contributed by atoms with Crippen molar-refractivity contribution in [1.82, 2.24) is 0 Å². The Kier molecular flexibility index (Phi) is 11.2. The molecule has 7 rings (SSSR count). The highest BCUT2D eigenvalue weighted by molar-refractivity contribution is 5.69. The quantitative estimate of drug-likeness (QED) is 0.130. The maximum absolute atomic E-state index is 2.62. The van der Waals surface area contributed by atoms with E-state index in [9.17, 15) is 0 Å². The van der Waals surface area contributed by atoms with E-state index in [1.807, 2.05) is 0 Å². The molecule has 6 atom stereocenters. The van der Waals surface area contributed by atoms with Crippen molar-refractivity contribution in [2.24, 2.45) is 35.5 Å². The molecule has 1 saturated carbocycles. The van der Waals surface area contributed by atoms with E-state index < -0.39 is 0 Å². The van der Waals surface area contributed by atoms with Crippen LogP contribution in [0.1, 0.15) is 101 Å². The summed E-state index contributed by atoms with van der Waals surface area (Å²) in [6, 6.07) is 32.5. The third-order valence-corrected chi connectivity index (χ3v) is 12.3. The predicted octanol–water partition coefficient (Wildman–Crippen LogP) is 13.3. The predicted molar refractivity (Wildman–Crippen MR) is 208 cm³/mol. The van der Waals surface area contributed by atoms with Crippen molar-refractivity contribution in [3.63, 3.8) is 0 Å². The van der Waals surface area contributed by atoms with E-state index in [2.05, 4.69) is 162 Å². The van der Waals surface area contributed by atoms with Gasteiger partial charge in [0.1, 0.15) is 0 Å². The molecule has 3 unspecified atom stereocenters. The molecule has 0 saturated heterocycles. The highest BCUT2D eigenvalue weighted by Crippen LogP contribution is 2.60. The Balaban J connectivity index is 1.47. The lowest BCUT2D eigenvalue weighted by Gasteiger charge is -2.56. The van der Waals surface area contributed by atoms with Gasteiger partial charge in [-0.25, -0.2) is 0 Å². The van der Waals surface area contributed by atoms with Crippen LogP contribution in [0.4, 0.5) is 0 Å². The van der Waals surface area contributed by atoms with Crippen LogP contribution in [0, 0.1) is 42.4 Å². The van der Waals surface area contributed by atoms with Crippen molar-refractivity contribution >= 4 is 5.57 Å². The van der Waals surface area contributed by atoms with Crippen molar-refractivity contribution in [3.05, 3.63) is 161 Å². The monoisotopic (exact) mass is 634 g/mol. The molecule has 0 radical (unpaired) electrons. The molecule has 3 aromatic rings. The van der Waals surface area contributed by atoms with Gasteiger partial charge in [0.15, 0.2) is 0 Å². The lowest BCUT2D eigenvalue weighted by Crippen LogP contribution is -2.52. The molecule has 4 aliphatic rings. The van der Waals surface area contributed by atoms with Crippen molar-refractivity contribution in [2.45, 2.75) is 91.4 Å². The van der Waals surface area contributed by atoms with E-state index in [4.69, 9.17) is 0 Å². The van der Waals surface area contributed by atoms with E-state index in [0.717, 1.165) is 6.42 Å². The molecular weight excluding hydrogens is 577 g/mol. The van der Waals surface area contributed by atoms with Crippen LogP contribution in [-0.4, -0.2) is 0 Å². The molecule has 2 bridgehead atoms. The van der Waals surface area contributed by atoms with Gasteiger partial charge in [-0.05, 0) is 108 Å². The fourth-order valence-electron chi connectivity index (χ4n) is 9.62. The fourth-order valence-corrected chi connectivity index (χ4v) is 9.62. The summed E-state index contributed by atoms with van der Waals surface area (Å²) in [5.74, 6) is 3.17. The summed E-state index contributed by atoms with van der Waals surface area (Å²) in [5, 5.41) is 0. The second-order valence-corrected chi connectivity index (χ2v) is 15.1. The number of benzene rings is 3. The molecule has 0 nitrogen and oxygen atoms in total. The van der Waals surface area contributed by atoms with Crippen LogP contribution in [0.3, 0.4) is 0 Å². The maximum atomic E-state index is 2.62. The SMILES string of the molecule is CCCCC[C@H](CC1[C@H]2C=CC(CC2)C1(c1ccccc1)c1ccccc1)[C@H](C)C(/C=C(\CC)c1ccc(C)cc1)=C1\C=CC=CC1C. The Morgan fingerprint density at radius 2 is 1.50 bits per heavy atom. The second-order valence-electron chi connectivity index (χ2n) is 15.1. The van der Waals surface area contributed by atoms with Gasteiger partial charge >= 0.3 is 0 Å². The van der Waals surface area contributed by atoms with E-state index in [-0.39, 0.29) is 5.41 Å². The van der Waals surface area contributed by atoms with Crippen molar-refractivity contribution in [1.29, 1.82) is 0 Å². The van der Waals surface area contributed by atoms with Gasteiger partial charge in [0, 0.05) is 5.41 Å². The third-order valence-electron chi connectivity index (χ3n) is 12.3. The number of rotatable bonds is 13. The highest BCUT2D eigenvalue weighted by Gasteiger charge is 2.54. The number of aryl methyl sites for hydroxylation is 1. The summed E-state index contributed by atoms with van der Waals surface area (Å²) in [7, 11) is 0. The molecule has 0 aliphatic heterocycles. The molecule has 0 spiro atoms. The Hall–Kier alpha value is -3.64. The van der Waals surface area contributed by atoms with Crippen LogP contribution in [0.5, 0.6) is 0 Å². The minimum absolute atomic E-state index is 0.00328. The van der Waals surface area contributed by atoms with Crippen LogP contribution in [0.2, 0.25) is 0 Å². The minimum Gasteiger partial charge on any atom is -0.0848 e. The standard InChI is InChI=1S/C48H58/c1-6-8-11-19-41(37(5)46(45-24-17-16-18-36(45)4)33-38(7-2)39-27-25-35(3)26-28-39)34-47-40-29-31-44(32-30-40)48(47,42-20-12-9-13-21-42)43-22-14-10-15-23-43/h9-10,12-18,20-29,31,33,36-37,40-41,44,47H,6-8,11,19,30,32,34H2,1-5H3/b38-33+,46-45+/t36?,37-,40-,41+,44?,47?/m0/s1. The topological polar surface area (TPSA) is 0 Å². The molecule has 0 N–H and O–H groups in total. The molecule has 1 fully saturated rings. The summed E-state index contributed by atoms with van der Waals surface area (Å²) >= 11 is 0. The van der Waals surface area contributed by atoms with Gasteiger partial charge in [-0.3, -0.25) is 0 Å². The number of fused-ring (bicyclic) bond motifs is 2. The van der Waals surface area contributed by atoms with Crippen molar-refractivity contribution < 1.29 is 0 Å². The van der Waals surface area contributed by atoms with Gasteiger partial charge in [-0.1, -0.05) is 180 Å². The zero-order valence-electron chi connectivity index (χ0n) is 30.2. The Bertz CT molecular complexity index is 1590. The van der Waals surface area contributed by atoms with Crippen LogP contribution in [0.25, 0.3) is 5.57 Å². The molecule has 48 heavy (non-hydrogen) atoms. The molecule has 4 aliphatic carbocycles. The van der Waals surface area contributed by atoms with E-state index in [1.54, 1.807) is 5.57 Å². The van der Waals surface area contributed by atoms with Gasteiger partial charge < -0.3 is 0 Å². The zero-order valence-corrected chi connectivity index (χ0v) is 30.2. The summed E-state index contributed by atoms with van der Waals surface area (Å²) < 4.78 is 0. The average molecular weight is 635 g/mol. The summed E-state index contributed by atoms with van der Waals surface area (Å²) in [6.07, 6.45) is 27.2. The molecule has 250 valence electrons. The van der Waals surface area contributed by atoms with Gasteiger partial charge in [-0.2, -0.15) is 0 Å². The van der Waals surface area contributed by atoms with Crippen LogP contribution in [0.15, 0.2) is 139 Å². The highest BCUT2D eigenvalue weighted by atomic mass is 14.6. The third kappa shape index (κ3) is 6.92. The minimum atomic E-state index is 0.00328. The molecule has 0 aromatic heterocycles. The van der Waals surface area contributed by atoms with Crippen molar-refractivity contribution in [3.8, 4) is 0 Å². The Morgan fingerprint density at radius 1 is 0.812 bits per heavy atom. The number of hydrogen-bond acceptors (Lipinski definition) is 0. The summed E-state index contributed by atoms with van der Waals surface area (Å²) in [5.41, 5.74) is 10.2. The van der Waals surface area contributed by atoms with Gasteiger partial charge in [-0.15, -0.1) is 0 Å². The Morgan fingerprint density at radius 3 is 2.08 bits per heavy atom. The molecule has 0 heteroatoms. The molecule has 0 amide bonds. The Labute approximate surface area is 292 Å². The van der Waals surface area contributed by atoms with Gasteiger partial charge in [0.25, 0.3) is 0 Å². The lowest BCUT2D eigenvalue weighted by atomic mass is 9.47. The maximum Gasteiger partial charge on any atom is 0.0299 e. The average Bonchev–Trinajstić information content (AvgIpc) is 3.13. The zero-order chi connectivity index (χ0) is 33.5. The first kappa shape index (κ1) is 34.2. The largest absolute Gasteiger partial charge is 0.0848 e. The smallest absolute Gasteiger partial charge is 0.0299 e. The molecule has 3 aromatic carbocycles. The number of allylic oxidation sites excluding steroid dienone is 10. The van der Waals surface area contributed by atoms with E-state index in [1.165, 1.54) is 78.3 Å². The summed E-state index contributed by atoms with van der Waals surface area (Å²) in [4.78, 5) is 0. The molecule has 0 heterocycles. The first-order valence-corrected chi connectivity index (χ1v) is 19.1.